The van der Waals surface area contributed by atoms with E-state index in [2.05, 4.69) is 0 Å². The Kier molecular flexibility index (Phi) is 18.2. The van der Waals surface area contributed by atoms with Gasteiger partial charge in [-0.25, -0.2) is 9.59 Å². The molecule has 0 saturated heterocycles. The van der Waals surface area contributed by atoms with E-state index >= 15 is 0 Å². The SMILES string of the molecule is CC(COC(=O)c1ccccc1)OCC(C)OCC(C)OCC(C)OC(=O)CCCCC(=O)OCC(C)OC(=O)c1ccccc1. The minimum absolute atomic E-state index is 0.0412. The van der Waals surface area contributed by atoms with Gasteiger partial charge in [0, 0.05) is 12.8 Å². The summed E-state index contributed by atoms with van der Waals surface area (Å²) in [6.07, 6.45) is -0.501. The third-order valence-corrected chi connectivity index (χ3v) is 6.45. The highest BCUT2D eigenvalue weighted by atomic mass is 16.6. The molecule has 5 atom stereocenters. The third-order valence-electron chi connectivity index (χ3n) is 6.45. The number of carbonyl (C=O) groups is 4. The van der Waals surface area contributed by atoms with Crippen LogP contribution in [0.3, 0.4) is 0 Å². The fraction of sp³-hybridized carbons (Fsp3) is 0.543. The van der Waals surface area contributed by atoms with Crippen molar-refractivity contribution in [1.82, 2.24) is 0 Å². The van der Waals surface area contributed by atoms with Crippen molar-refractivity contribution in [3.8, 4) is 0 Å². The lowest BCUT2D eigenvalue weighted by molar-refractivity contribution is -0.153. The first kappa shape index (κ1) is 38.4. The monoisotopic (exact) mass is 644 g/mol. The summed E-state index contributed by atoms with van der Waals surface area (Å²) >= 11 is 0. The normalized spacial score (nSPS) is 14.3. The highest BCUT2D eigenvalue weighted by Gasteiger charge is 2.16. The van der Waals surface area contributed by atoms with E-state index in [1.165, 1.54) is 0 Å². The first-order valence-corrected chi connectivity index (χ1v) is 15.7. The topological polar surface area (TPSA) is 133 Å². The molecule has 0 aliphatic rings. The molecule has 2 aromatic carbocycles. The van der Waals surface area contributed by atoms with Gasteiger partial charge in [0.1, 0.15) is 25.4 Å². The van der Waals surface area contributed by atoms with Gasteiger partial charge in [0.2, 0.25) is 0 Å². The van der Waals surface area contributed by atoms with Crippen LogP contribution >= 0.6 is 0 Å². The van der Waals surface area contributed by atoms with E-state index in [4.69, 9.17) is 33.2 Å². The highest BCUT2D eigenvalue weighted by Crippen LogP contribution is 2.09. The van der Waals surface area contributed by atoms with Crippen LogP contribution in [0.1, 0.15) is 81.0 Å². The summed E-state index contributed by atoms with van der Waals surface area (Å²) in [5.41, 5.74) is 0.922. The number of benzene rings is 2. The zero-order valence-corrected chi connectivity index (χ0v) is 27.5. The van der Waals surface area contributed by atoms with Crippen molar-refractivity contribution in [2.75, 3.05) is 33.0 Å². The van der Waals surface area contributed by atoms with Crippen LogP contribution in [0.25, 0.3) is 0 Å². The molecule has 0 heterocycles. The smallest absolute Gasteiger partial charge is 0.338 e. The zero-order chi connectivity index (χ0) is 33.7. The van der Waals surface area contributed by atoms with Crippen molar-refractivity contribution in [2.45, 2.75) is 90.8 Å². The minimum Gasteiger partial charge on any atom is -0.462 e. The van der Waals surface area contributed by atoms with E-state index in [0.29, 0.717) is 37.2 Å². The van der Waals surface area contributed by atoms with Gasteiger partial charge in [-0.3, -0.25) is 9.59 Å². The van der Waals surface area contributed by atoms with Crippen LogP contribution in [0.2, 0.25) is 0 Å². The molecule has 0 spiro atoms. The fourth-order valence-electron chi connectivity index (χ4n) is 3.89. The molecule has 0 bridgehead atoms. The van der Waals surface area contributed by atoms with Gasteiger partial charge in [-0.2, -0.15) is 0 Å². The van der Waals surface area contributed by atoms with Gasteiger partial charge in [0.25, 0.3) is 0 Å². The molecule has 0 amide bonds. The van der Waals surface area contributed by atoms with Crippen molar-refractivity contribution < 1.29 is 52.3 Å². The largest absolute Gasteiger partial charge is 0.462 e. The third kappa shape index (κ3) is 17.0. The number of esters is 4. The molecule has 11 heteroatoms. The molecule has 0 aliphatic carbocycles. The number of hydrogen-bond donors (Lipinski definition) is 0. The molecule has 2 rings (SSSR count). The standard InChI is InChI=1S/C35H48O11/c1-25(20-41-27(3)22-44-34(38)30-14-8-6-9-15-30)40-21-26(2)42-23-28(4)45-33(37)19-13-12-18-32(36)43-24-29(5)46-35(39)31-16-10-7-11-17-31/h6-11,14-17,25-29H,12-13,18-24H2,1-5H3. The quantitative estimate of drug-likeness (QED) is 0.0935. The molecule has 0 aromatic heterocycles. The van der Waals surface area contributed by atoms with Crippen molar-refractivity contribution in [3.05, 3.63) is 71.8 Å². The van der Waals surface area contributed by atoms with Crippen LogP contribution < -0.4 is 0 Å². The Labute approximate surface area is 271 Å². The summed E-state index contributed by atoms with van der Waals surface area (Å²) in [4.78, 5) is 48.3. The molecule has 0 fully saturated rings. The highest BCUT2D eigenvalue weighted by molar-refractivity contribution is 5.89. The van der Waals surface area contributed by atoms with Crippen molar-refractivity contribution in [1.29, 1.82) is 0 Å². The second-order valence-electron chi connectivity index (χ2n) is 11.2. The van der Waals surface area contributed by atoms with Gasteiger partial charge in [-0.15, -0.1) is 0 Å². The van der Waals surface area contributed by atoms with Crippen molar-refractivity contribution in [2.24, 2.45) is 0 Å². The number of unbranched alkanes of at least 4 members (excludes halogenated alkanes) is 1. The predicted molar refractivity (Wildman–Crippen MR) is 169 cm³/mol. The zero-order valence-electron chi connectivity index (χ0n) is 27.5. The molecule has 11 nitrogen and oxygen atoms in total. The molecule has 0 aliphatic heterocycles. The molecule has 5 unspecified atom stereocenters. The van der Waals surface area contributed by atoms with Crippen LogP contribution in [-0.4, -0.2) is 87.4 Å². The Bertz CT molecular complexity index is 1170. The van der Waals surface area contributed by atoms with Gasteiger partial charge >= 0.3 is 23.9 Å². The Balaban J connectivity index is 1.47. The van der Waals surface area contributed by atoms with Crippen LogP contribution in [0.15, 0.2) is 60.7 Å². The average Bonchev–Trinajstić information content (AvgIpc) is 3.06. The van der Waals surface area contributed by atoms with E-state index < -0.39 is 30.1 Å². The molecule has 0 radical (unpaired) electrons. The Morgan fingerprint density at radius 3 is 1.43 bits per heavy atom. The van der Waals surface area contributed by atoms with E-state index in [1.54, 1.807) is 68.4 Å². The first-order chi connectivity index (χ1) is 22.0. The molecule has 0 saturated carbocycles. The van der Waals surface area contributed by atoms with Gasteiger partial charge < -0.3 is 33.2 Å². The molecular formula is C35H48O11. The summed E-state index contributed by atoms with van der Waals surface area (Å²) < 4.78 is 38.4. The number of rotatable bonds is 22. The lowest BCUT2D eigenvalue weighted by Gasteiger charge is -2.21. The van der Waals surface area contributed by atoms with Crippen LogP contribution in [-0.2, 0) is 42.7 Å². The summed E-state index contributed by atoms with van der Waals surface area (Å²) in [5, 5.41) is 0. The second-order valence-corrected chi connectivity index (χ2v) is 11.2. The van der Waals surface area contributed by atoms with Crippen molar-refractivity contribution >= 4 is 23.9 Å². The van der Waals surface area contributed by atoms with Gasteiger partial charge in [0.05, 0.1) is 49.3 Å². The van der Waals surface area contributed by atoms with E-state index in [0.717, 1.165) is 0 Å². The maximum Gasteiger partial charge on any atom is 0.338 e. The van der Waals surface area contributed by atoms with Gasteiger partial charge in [0.15, 0.2) is 0 Å². The summed E-state index contributed by atoms with van der Waals surface area (Å²) in [5.74, 6) is -1.66. The van der Waals surface area contributed by atoms with Crippen LogP contribution in [0, 0.1) is 0 Å². The summed E-state index contributed by atoms with van der Waals surface area (Å²) in [7, 11) is 0. The lowest BCUT2D eigenvalue weighted by atomic mass is 10.2. The maximum absolute atomic E-state index is 12.2. The average molecular weight is 645 g/mol. The number of carbonyl (C=O) groups excluding carboxylic acids is 4. The fourth-order valence-corrected chi connectivity index (χ4v) is 3.89. The van der Waals surface area contributed by atoms with E-state index in [-0.39, 0.29) is 56.9 Å². The minimum atomic E-state index is -0.582. The Morgan fingerprint density at radius 1 is 0.478 bits per heavy atom. The van der Waals surface area contributed by atoms with Crippen LogP contribution in [0.4, 0.5) is 0 Å². The number of hydrogen-bond acceptors (Lipinski definition) is 11. The lowest BCUT2D eigenvalue weighted by Crippen LogP contribution is -2.29. The molecular weight excluding hydrogens is 596 g/mol. The van der Waals surface area contributed by atoms with Crippen molar-refractivity contribution in [3.63, 3.8) is 0 Å². The summed E-state index contributed by atoms with van der Waals surface area (Å²) in [6.45, 7) is 9.92. The second kappa shape index (κ2) is 21.9. The van der Waals surface area contributed by atoms with Gasteiger partial charge in [-0.05, 0) is 71.7 Å². The van der Waals surface area contributed by atoms with E-state index in [9.17, 15) is 19.2 Å². The first-order valence-electron chi connectivity index (χ1n) is 15.7. The van der Waals surface area contributed by atoms with Crippen LogP contribution in [0.5, 0.6) is 0 Å². The molecule has 2 aromatic rings. The maximum atomic E-state index is 12.2. The Morgan fingerprint density at radius 2 is 0.891 bits per heavy atom. The number of ether oxygens (including phenoxy) is 7. The molecule has 0 N–H and O–H groups in total. The van der Waals surface area contributed by atoms with Gasteiger partial charge in [-0.1, -0.05) is 36.4 Å². The predicted octanol–water partition coefficient (Wildman–Crippen LogP) is 5.34. The molecule has 254 valence electrons. The summed E-state index contributed by atoms with van der Waals surface area (Å²) in [6, 6.07) is 17.4. The Hall–Kier alpha value is -3.80. The molecule has 46 heavy (non-hydrogen) atoms. The van der Waals surface area contributed by atoms with E-state index in [1.807, 2.05) is 26.8 Å².